The Morgan fingerprint density at radius 1 is 1.06 bits per heavy atom. The zero-order valence-corrected chi connectivity index (χ0v) is 23.2. The van der Waals surface area contributed by atoms with E-state index in [2.05, 4.69) is 37.1 Å². The van der Waals surface area contributed by atoms with E-state index in [-0.39, 0.29) is 29.5 Å². The van der Waals surface area contributed by atoms with Gasteiger partial charge in [-0.1, -0.05) is 26.0 Å². The first-order chi connectivity index (χ1) is 16.2. The molecule has 0 saturated carbocycles. The van der Waals surface area contributed by atoms with Crippen molar-refractivity contribution >= 4 is 30.5 Å². The van der Waals surface area contributed by atoms with Gasteiger partial charge < -0.3 is 25.4 Å². The summed E-state index contributed by atoms with van der Waals surface area (Å²) in [5.41, 5.74) is -0.261. The molecule has 3 amide bonds. The smallest absolute Gasteiger partial charge is 0.408 e. The summed E-state index contributed by atoms with van der Waals surface area (Å²) in [6.45, 7) is 15.0. The minimum absolute atomic E-state index is 0.00953. The number of hydrogen-bond acceptors (Lipinski definition) is 6. The van der Waals surface area contributed by atoms with Crippen molar-refractivity contribution in [3.63, 3.8) is 0 Å². The third kappa shape index (κ3) is 10.4. The summed E-state index contributed by atoms with van der Waals surface area (Å²) >= 11 is 4.31. The van der Waals surface area contributed by atoms with E-state index < -0.39 is 29.7 Å². The average molecular weight is 510 g/mol. The number of benzene rings is 1. The number of carbonyl (C=O) groups is 3. The van der Waals surface area contributed by atoms with Crippen molar-refractivity contribution in [2.75, 3.05) is 5.75 Å². The quantitative estimate of drug-likeness (QED) is 0.330. The van der Waals surface area contributed by atoms with Crippen molar-refractivity contribution < 1.29 is 24.2 Å². The highest BCUT2D eigenvalue weighted by Gasteiger charge is 2.38. The molecule has 3 unspecified atom stereocenters. The molecule has 0 heterocycles. The molecule has 1 aromatic carbocycles. The Bertz CT molecular complexity index is 854. The number of carbonyl (C=O) groups excluding carboxylic acids is 3. The van der Waals surface area contributed by atoms with Gasteiger partial charge in [0.15, 0.2) is 0 Å². The van der Waals surface area contributed by atoms with Crippen LogP contribution in [0.2, 0.25) is 0 Å². The molecule has 0 aliphatic carbocycles. The molecule has 0 saturated heterocycles. The fourth-order valence-corrected chi connectivity index (χ4v) is 3.87. The first-order valence-corrected chi connectivity index (χ1v) is 12.8. The van der Waals surface area contributed by atoms with Gasteiger partial charge in [0, 0.05) is 17.8 Å². The summed E-state index contributed by atoms with van der Waals surface area (Å²) < 4.78 is 5.33. The zero-order chi connectivity index (χ0) is 26.9. The molecule has 198 valence electrons. The minimum Gasteiger partial charge on any atom is -0.508 e. The Morgan fingerprint density at radius 2 is 1.69 bits per heavy atom. The summed E-state index contributed by atoms with van der Waals surface area (Å²) in [6.07, 6.45) is 0.758. The van der Waals surface area contributed by atoms with Crippen LogP contribution in [0, 0.1) is 5.92 Å². The zero-order valence-electron chi connectivity index (χ0n) is 22.3. The summed E-state index contributed by atoms with van der Waals surface area (Å²) in [5, 5.41) is 15.6. The van der Waals surface area contributed by atoms with E-state index in [1.165, 1.54) is 17.0 Å². The van der Waals surface area contributed by atoms with E-state index in [4.69, 9.17) is 4.74 Å². The number of amides is 3. The fourth-order valence-electron chi connectivity index (χ4n) is 3.62. The second-order valence-corrected chi connectivity index (χ2v) is 11.0. The first kappa shape index (κ1) is 30.6. The van der Waals surface area contributed by atoms with Gasteiger partial charge in [-0.05, 0) is 78.0 Å². The lowest BCUT2D eigenvalue weighted by Crippen LogP contribution is -2.56. The highest BCUT2D eigenvalue weighted by atomic mass is 32.1. The molecule has 0 aliphatic heterocycles. The van der Waals surface area contributed by atoms with Crippen molar-refractivity contribution in [1.82, 2.24) is 15.5 Å². The van der Waals surface area contributed by atoms with Crippen molar-refractivity contribution in [3.05, 3.63) is 29.8 Å². The van der Waals surface area contributed by atoms with Crippen LogP contribution >= 0.6 is 12.6 Å². The lowest BCUT2D eigenvalue weighted by molar-refractivity contribution is -0.145. The molecular weight excluding hydrogens is 466 g/mol. The normalized spacial score (nSPS) is 14.3. The number of phenols is 1. The van der Waals surface area contributed by atoms with Crippen LogP contribution in [-0.2, 0) is 14.3 Å². The molecule has 9 heteroatoms. The second kappa shape index (κ2) is 13.6. The molecule has 8 nitrogen and oxygen atoms in total. The molecule has 1 aromatic rings. The fraction of sp³-hybridized carbons (Fsp3) is 0.654. The van der Waals surface area contributed by atoms with Gasteiger partial charge in [0.1, 0.15) is 23.4 Å². The second-order valence-electron chi connectivity index (χ2n) is 10.6. The highest BCUT2D eigenvalue weighted by molar-refractivity contribution is 7.80. The molecular formula is C26H43N3O5S. The van der Waals surface area contributed by atoms with Gasteiger partial charge in [-0.25, -0.2) is 4.79 Å². The van der Waals surface area contributed by atoms with Crippen LogP contribution in [0.1, 0.15) is 79.8 Å². The summed E-state index contributed by atoms with van der Waals surface area (Å²) in [4.78, 5) is 41.3. The molecule has 0 bridgehead atoms. The van der Waals surface area contributed by atoms with Crippen LogP contribution in [0.5, 0.6) is 5.75 Å². The number of thiol groups is 1. The first-order valence-electron chi connectivity index (χ1n) is 12.2. The maximum atomic E-state index is 13.9. The predicted octanol–water partition coefficient (Wildman–Crippen LogP) is 4.43. The predicted molar refractivity (Wildman–Crippen MR) is 142 cm³/mol. The van der Waals surface area contributed by atoms with Crippen molar-refractivity contribution in [2.24, 2.45) is 5.92 Å². The van der Waals surface area contributed by atoms with Crippen LogP contribution in [0.25, 0.3) is 0 Å². The van der Waals surface area contributed by atoms with Gasteiger partial charge in [-0.3, -0.25) is 9.59 Å². The van der Waals surface area contributed by atoms with Crippen molar-refractivity contribution in [1.29, 1.82) is 0 Å². The lowest BCUT2D eigenvalue weighted by atomic mass is 9.97. The van der Waals surface area contributed by atoms with Crippen LogP contribution in [0.4, 0.5) is 4.79 Å². The molecule has 3 atom stereocenters. The van der Waals surface area contributed by atoms with Gasteiger partial charge >= 0.3 is 6.09 Å². The lowest BCUT2D eigenvalue weighted by Gasteiger charge is -2.39. The molecule has 3 N–H and O–H groups in total. The standard InChI is InChI=1S/C26H43N3O5S/c1-16(2)12-13-18(5)29(24(32)21(15-35)28-25(33)34-26(6,7)8)22(23(31)27-17(3)4)19-10-9-11-20(30)14-19/h9-11,14,16-18,21-22,30,35H,12-13,15H2,1-8H3,(H,27,31)(H,28,33). The third-order valence-electron chi connectivity index (χ3n) is 5.21. The van der Waals surface area contributed by atoms with Crippen LogP contribution in [-0.4, -0.2) is 57.4 Å². The van der Waals surface area contributed by atoms with Crippen molar-refractivity contribution in [2.45, 2.75) is 98.0 Å². The van der Waals surface area contributed by atoms with Gasteiger partial charge in [0.2, 0.25) is 11.8 Å². The maximum absolute atomic E-state index is 13.9. The van der Waals surface area contributed by atoms with Gasteiger partial charge in [-0.2, -0.15) is 12.6 Å². The summed E-state index contributed by atoms with van der Waals surface area (Å²) in [7, 11) is 0. The molecule has 0 spiro atoms. The third-order valence-corrected chi connectivity index (χ3v) is 5.57. The minimum atomic E-state index is -1.01. The van der Waals surface area contributed by atoms with Crippen LogP contribution in [0.3, 0.4) is 0 Å². The Kier molecular flexibility index (Phi) is 11.9. The molecule has 0 radical (unpaired) electrons. The van der Waals surface area contributed by atoms with E-state index >= 15 is 0 Å². The van der Waals surface area contributed by atoms with Gasteiger partial charge in [-0.15, -0.1) is 0 Å². The Morgan fingerprint density at radius 3 is 2.17 bits per heavy atom. The number of nitrogens with zero attached hydrogens (tertiary/aromatic N) is 1. The monoisotopic (exact) mass is 509 g/mol. The van der Waals surface area contributed by atoms with Crippen LogP contribution in [0.15, 0.2) is 24.3 Å². The Hall–Kier alpha value is -2.42. The number of ether oxygens (including phenoxy) is 1. The number of alkyl carbamates (subject to hydrolysis) is 1. The Balaban J connectivity index is 3.50. The maximum Gasteiger partial charge on any atom is 0.408 e. The largest absolute Gasteiger partial charge is 0.508 e. The number of rotatable bonds is 11. The Labute approximate surface area is 215 Å². The van der Waals surface area contributed by atoms with Crippen molar-refractivity contribution in [3.8, 4) is 5.75 Å². The molecule has 0 aromatic heterocycles. The van der Waals surface area contributed by atoms with Gasteiger partial charge in [0.05, 0.1) is 0 Å². The highest BCUT2D eigenvalue weighted by Crippen LogP contribution is 2.29. The summed E-state index contributed by atoms with van der Waals surface area (Å²) in [6, 6.07) is 3.81. The van der Waals surface area contributed by atoms with Gasteiger partial charge in [0.25, 0.3) is 0 Å². The topological polar surface area (TPSA) is 108 Å². The van der Waals surface area contributed by atoms with E-state index in [1.807, 2.05) is 20.8 Å². The average Bonchev–Trinajstić information content (AvgIpc) is 2.71. The van der Waals surface area contributed by atoms with E-state index in [1.54, 1.807) is 32.9 Å². The number of hydrogen-bond donors (Lipinski definition) is 4. The molecule has 35 heavy (non-hydrogen) atoms. The van der Waals surface area contributed by atoms with E-state index in [0.717, 1.165) is 6.42 Å². The van der Waals surface area contributed by atoms with E-state index in [9.17, 15) is 19.5 Å². The number of phenolic OH excluding ortho intramolecular Hbond substituents is 1. The number of aromatic hydroxyl groups is 1. The van der Waals surface area contributed by atoms with Crippen LogP contribution < -0.4 is 10.6 Å². The SMILES string of the molecule is CC(C)CCC(C)N(C(=O)C(CS)NC(=O)OC(C)(C)C)C(C(=O)NC(C)C)c1cccc(O)c1. The number of nitrogens with one attached hydrogen (secondary N) is 2. The van der Waals surface area contributed by atoms with E-state index in [0.29, 0.717) is 17.9 Å². The molecule has 1 rings (SSSR count). The summed E-state index contributed by atoms with van der Waals surface area (Å²) in [5.74, 6) is -0.410. The molecule has 0 fully saturated rings. The molecule has 0 aliphatic rings.